The van der Waals surface area contributed by atoms with Crippen molar-refractivity contribution in [1.82, 2.24) is 5.01 Å². The topological polar surface area (TPSA) is 68.0 Å². The van der Waals surface area contributed by atoms with Gasteiger partial charge in [0.1, 0.15) is 5.75 Å². The fraction of sp³-hybridized carbons (Fsp3) is 0.150. The van der Waals surface area contributed by atoms with Gasteiger partial charge in [0.05, 0.1) is 25.3 Å². The second kappa shape index (κ2) is 6.72. The molecule has 0 spiro atoms. The monoisotopic (exact) mass is 455 g/mol. The van der Waals surface area contributed by atoms with E-state index in [0.29, 0.717) is 5.56 Å². The van der Waals surface area contributed by atoms with Crippen LogP contribution in [0, 0.1) is 10.1 Å². The molecule has 140 valence electrons. The van der Waals surface area contributed by atoms with E-state index in [0.717, 1.165) is 32.1 Å². The number of non-ortho nitro benzene ring substituents is 1. The van der Waals surface area contributed by atoms with Crippen molar-refractivity contribution in [3.63, 3.8) is 0 Å². The van der Waals surface area contributed by atoms with Gasteiger partial charge in [0.2, 0.25) is 6.23 Å². The zero-order valence-electron chi connectivity index (χ0n) is 14.5. The van der Waals surface area contributed by atoms with Gasteiger partial charge in [-0.1, -0.05) is 30.3 Å². The van der Waals surface area contributed by atoms with E-state index in [1.807, 2.05) is 35.3 Å². The van der Waals surface area contributed by atoms with Gasteiger partial charge in [-0.05, 0) is 34.1 Å². The molecule has 0 saturated carbocycles. The highest BCUT2D eigenvalue weighted by atomic mass is 79.9. The average molecular weight is 456 g/mol. The summed E-state index contributed by atoms with van der Waals surface area (Å²) in [7, 11) is 0. The normalized spacial score (nSPS) is 20.2. The minimum atomic E-state index is -0.513. The number of hydrazone groups is 1. The Kier molecular flexibility index (Phi) is 4.17. The highest BCUT2D eigenvalue weighted by molar-refractivity contribution is 9.11. The van der Waals surface area contributed by atoms with Crippen LogP contribution in [0.2, 0.25) is 0 Å². The molecular formula is C20H14BrN3O3S. The number of thiophene rings is 1. The van der Waals surface area contributed by atoms with Crippen LogP contribution in [0.3, 0.4) is 0 Å². The molecule has 5 rings (SSSR count). The van der Waals surface area contributed by atoms with Crippen molar-refractivity contribution in [3.05, 3.63) is 90.6 Å². The van der Waals surface area contributed by atoms with Crippen LogP contribution in [-0.4, -0.2) is 15.6 Å². The molecule has 1 aromatic heterocycles. The van der Waals surface area contributed by atoms with Gasteiger partial charge in [-0.2, -0.15) is 5.10 Å². The van der Waals surface area contributed by atoms with Crippen molar-refractivity contribution in [2.24, 2.45) is 5.10 Å². The SMILES string of the molecule is O=[N+]([O-])c1cccc([C@H]2Oc3ccccc3[C@H]3CC(c4ccc(Br)s4)=NN32)c1. The molecule has 2 aromatic carbocycles. The predicted octanol–water partition coefficient (Wildman–Crippen LogP) is 5.66. The Bertz CT molecular complexity index is 1110. The Morgan fingerprint density at radius 2 is 2.04 bits per heavy atom. The Morgan fingerprint density at radius 3 is 2.82 bits per heavy atom. The molecule has 2 aliphatic rings. The molecule has 2 atom stereocenters. The second-order valence-corrected chi connectivity index (χ2v) is 9.07. The molecule has 0 bridgehead atoms. The Balaban J connectivity index is 1.60. The lowest BCUT2D eigenvalue weighted by Crippen LogP contribution is -2.33. The number of hydrogen-bond acceptors (Lipinski definition) is 6. The maximum atomic E-state index is 11.2. The van der Waals surface area contributed by atoms with Gasteiger partial charge in [-0.15, -0.1) is 11.3 Å². The summed E-state index contributed by atoms with van der Waals surface area (Å²) in [5, 5.41) is 18.0. The third-order valence-electron chi connectivity index (χ3n) is 4.92. The minimum absolute atomic E-state index is 0.0325. The van der Waals surface area contributed by atoms with E-state index < -0.39 is 6.23 Å². The van der Waals surface area contributed by atoms with Crippen molar-refractivity contribution in [2.75, 3.05) is 0 Å². The molecule has 3 heterocycles. The van der Waals surface area contributed by atoms with Crippen LogP contribution in [0.15, 0.2) is 69.6 Å². The van der Waals surface area contributed by atoms with Gasteiger partial charge >= 0.3 is 0 Å². The van der Waals surface area contributed by atoms with Crippen LogP contribution in [-0.2, 0) is 0 Å². The van der Waals surface area contributed by atoms with E-state index in [2.05, 4.69) is 28.1 Å². The molecule has 0 fully saturated rings. The zero-order chi connectivity index (χ0) is 19.3. The summed E-state index contributed by atoms with van der Waals surface area (Å²) in [4.78, 5) is 11.9. The molecule has 3 aromatic rings. The van der Waals surface area contributed by atoms with E-state index in [1.165, 1.54) is 6.07 Å². The number of nitro benzene ring substituents is 1. The van der Waals surface area contributed by atoms with Crippen LogP contribution in [0.4, 0.5) is 5.69 Å². The van der Waals surface area contributed by atoms with E-state index in [9.17, 15) is 10.1 Å². The van der Waals surface area contributed by atoms with Gasteiger partial charge in [-0.3, -0.25) is 10.1 Å². The summed E-state index contributed by atoms with van der Waals surface area (Å²) in [5.74, 6) is 0.795. The zero-order valence-corrected chi connectivity index (χ0v) is 16.9. The first-order valence-electron chi connectivity index (χ1n) is 8.71. The standard InChI is InChI=1S/C20H14BrN3O3S/c21-19-9-8-18(28-19)15-11-16-14-6-1-2-7-17(14)27-20(23(16)22-15)12-4-3-5-13(10-12)24(25)26/h1-10,16,20H,11H2/t16-,20-/m1/s1. The third kappa shape index (κ3) is 2.89. The smallest absolute Gasteiger partial charge is 0.269 e. The number of hydrogen-bond donors (Lipinski definition) is 0. The van der Waals surface area contributed by atoms with E-state index in [-0.39, 0.29) is 16.7 Å². The molecule has 0 radical (unpaired) electrons. The molecule has 2 aliphatic heterocycles. The maximum absolute atomic E-state index is 11.2. The molecule has 6 nitrogen and oxygen atoms in total. The highest BCUT2D eigenvalue weighted by Gasteiger charge is 2.41. The molecule has 0 unspecified atom stereocenters. The summed E-state index contributed by atoms with van der Waals surface area (Å²) in [6.45, 7) is 0. The van der Waals surface area contributed by atoms with Crippen LogP contribution in [0.1, 0.15) is 34.7 Å². The summed E-state index contributed by atoms with van der Waals surface area (Å²) in [6.07, 6.45) is 0.249. The Hall–Kier alpha value is -2.71. The molecular weight excluding hydrogens is 442 g/mol. The van der Waals surface area contributed by atoms with Crippen molar-refractivity contribution in [3.8, 4) is 5.75 Å². The summed E-state index contributed by atoms with van der Waals surface area (Å²) >= 11 is 5.16. The van der Waals surface area contributed by atoms with Gasteiger partial charge in [0, 0.05) is 29.7 Å². The Morgan fingerprint density at radius 1 is 1.18 bits per heavy atom. The van der Waals surface area contributed by atoms with E-state index in [4.69, 9.17) is 9.84 Å². The molecule has 8 heteroatoms. The average Bonchev–Trinajstić information content (AvgIpc) is 3.34. The minimum Gasteiger partial charge on any atom is -0.464 e. The Labute approximate surface area is 173 Å². The van der Waals surface area contributed by atoms with Crippen LogP contribution in [0.25, 0.3) is 0 Å². The lowest BCUT2D eigenvalue weighted by atomic mass is 9.97. The fourth-order valence-electron chi connectivity index (χ4n) is 3.66. The van der Waals surface area contributed by atoms with Gasteiger partial charge in [-0.25, -0.2) is 5.01 Å². The summed E-state index contributed by atoms with van der Waals surface area (Å²) in [5.41, 5.74) is 2.84. The molecule has 28 heavy (non-hydrogen) atoms. The first-order chi connectivity index (χ1) is 13.6. The predicted molar refractivity (Wildman–Crippen MR) is 111 cm³/mol. The van der Waals surface area contributed by atoms with Crippen LogP contribution < -0.4 is 4.74 Å². The van der Waals surface area contributed by atoms with Gasteiger partial charge in [0.15, 0.2) is 0 Å². The molecule has 0 N–H and O–H groups in total. The summed E-state index contributed by atoms with van der Waals surface area (Å²) < 4.78 is 7.30. The highest BCUT2D eigenvalue weighted by Crippen LogP contribution is 2.48. The molecule has 0 aliphatic carbocycles. The number of nitrogens with zero attached hydrogens (tertiary/aromatic N) is 3. The molecule has 0 amide bonds. The van der Waals surface area contributed by atoms with E-state index in [1.54, 1.807) is 23.5 Å². The number of halogens is 1. The summed E-state index contributed by atoms with van der Waals surface area (Å²) in [6, 6.07) is 18.6. The number of nitro groups is 1. The van der Waals surface area contributed by atoms with Crippen molar-refractivity contribution < 1.29 is 9.66 Å². The quantitative estimate of drug-likeness (QED) is 0.377. The fourth-order valence-corrected chi connectivity index (χ4v) is 5.04. The third-order valence-corrected chi connectivity index (χ3v) is 6.60. The lowest BCUT2D eigenvalue weighted by Gasteiger charge is -2.38. The molecule has 0 saturated heterocycles. The first-order valence-corrected chi connectivity index (χ1v) is 10.3. The van der Waals surface area contributed by atoms with Crippen LogP contribution >= 0.6 is 27.3 Å². The van der Waals surface area contributed by atoms with Crippen molar-refractivity contribution in [2.45, 2.75) is 18.7 Å². The van der Waals surface area contributed by atoms with Gasteiger partial charge < -0.3 is 4.74 Å². The number of fused-ring (bicyclic) bond motifs is 3. The maximum Gasteiger partial charge on any atom is 0.269 e. The lowest BCUT2D eigenvalue weighted by molar-refractivity contribution is -0.385. The number of ether oxygens (including phenoxy) is 1. The second-order valence-electron chi connectivity index (χ2n) is 6.61. The number of rotatable bonds is 3. The number of para-hydroxylation sites is 1. The van der Waals surface area contributed by atoms with Gasteiger partial charge in [0.25, 0.3) is 5.69 Å². The van der Waals surface area contributed by atoms with Crippen LogP contribution in [0.5, 0.6) is 5.75 Å². The number of benzene rings is 2. The largest absolute Gasteiger partial charge is 0.464 e. The first kappa shape index (κ1) is 17.4. The van der Waals surface area contributed by atoms with E-state index >= 15 is 0 Å². The van der Waals surface area contributed by atoms with Crippen molar-refractivity contribution in [1.29, 1.82) is 0 Å². The van der Waals surface area contributed by atoms with Crippen molar-refractivity contribution >= 4 is 38.7 Å².